The third-order valence-corrected chi connectivity index (χ3v) is 14.1. The molecule has 63 heavy (non-hydrogen) atoms. The van der Waals surface area contributed by atoms with Crippen LogP contribution in [0.4, 0.5) is 0 Å². The number of carbonyl (C=O) groups is 5. The Labute approximate surface area is 377 Å². The topological polar surface area (TPSA) is 236 Å². The molecule has 1 aromatic rings. The molecule has 15 nitrogen and oxygen atoms in total. The van der Waals surface area contributed by atoms with E-state index < -0.39 is 78.5 Å². The van der Waals surface area contributed by atoms with Gasteiger partial charge in [-0.2, -0.15) is 0 Å². The zero-order chi connectivity index (χ0) is 46.5. The van der Waals surface area contributed by atoms with Crippen molar-refractivity contribution in [3.63, 3.8) is 0 Å². The van der Waals surface area contributed by atoms with E-state index in [0.717, 1.165) is 36.8 Å². The smallest absolute Gasteiger partial charge is 0.404 e. The Bertz CT molecular complexity index is 1700. The van der Waals surface area contributed by atoms with Gasteiger partial charge in [-0.3, -0.25) is 24.0 Å². The number of unbranched alkanes of at least 4 members (excludes halogenated alkanes) is 7. The van der Waals surface area contributed by atoms with E-state index >= 15 is 0 Å². The van der Waals surface area contributed by atoms with Gasteiger partial charge in [-0.05, 0) is 146 Å². The van der Waals surface area contributed by atoms with Gasteiger partial charge >= 0.3 is 7.12 Å². The van der Waals surface area contributed by atoms with Crippen LogP contribution < -0.4 is 38.1 Å². The van der Waals surface area contributed by atoms with Gasteiger partial charge in [0.1, 0.15) is 24.2 Å². The van der Waals surface area contributed by atoms with Crippen LogP contribution in [-0.2, 0) is 34.9 Å². The number of rotatable bonds is 27. The van der Waals surface area contributed by atoms with Gasteiger partial charge in [-0.25, -0.2) is 0 Å². The van der Waals surface area contributed by atoms with Gasteiger partial charge in [-0.1, -0.05) is 65.0 Å². The molecular formula is C47H80BN7O8. The molecule has 10 atom stereocenters. The van der Waals surface area contributed by atoms with E-state index in [1.165, 1.54) is 46.0 Å². The number of aliphatic hydroxyl groups excluding tert-OH is 1. The van der Waals surface area contributed by atoms with Crippen molar-refractivity contribution < 1.29 is 38.4 Å². The second-order valence-corrected chi connectivity index (χ2v) is 19.4. The Morgan fingerprint density at radius 1 is 0.778 bits per heavy atom. The lowest BCUT2D eigenvalue weighted by molar-refractivity contribution is -0.199. The molecule has 0 spiro atoms. The monoisotopic (exact) mass is 882 g/mol. The van der Waals surface area contributed by atoms with Crippen molar-refractivity contribution in [2.75, 3.05) is 13.1 Å². The van der Waals surface area contributed by atoms with Gasteiger partial charge in [0.15, 0.2) is 0 Å². The molecule has 16 heteroatoms. The second kappa shape index (κ2) is 24.1. The molecule has 0 radical (unpaired) electrons. The van der Waals surface area contributed by atoms with E-state index in [-0.39, 0.29) is 17.9 Å². The zero-order valence-electron chi connectivity index (χ0n) is 39.5. The minimum atomic E-state index is -1.46. The number of hydrogen-bond acceptors (Lipinski definition) is 10. The fraction of sp³-hybridized carbons (Fsp3) is 0.766. The Balaban J connectivity index is 1.34. The number of amides is 5. The quantitative estimate of drug-likeness (QED) is 0.0469. The molecule has 4 fully saturated rings. The maximum atomic E-state index is 13.8. The summed E-state index contributed by atoms with van der Waals surface area (Å²) < 4.78 is 12.9. The van der Waals surface area contributed by atoms with E-state index in [4.69, 9.17) is 20.8 Å². The minimum Gasteiger partial charge on any atom is -0.404 e. The predicted octanol–water partition coefficient (Wildman–Crippen LogP) is 3.88. The third kappa shape index (κ3) is 13.7. The van der Waals surface area contributed by atoms with Gasteiger partial charge in [0.05, 0.1) is 23.8 Å². The molecule has 1 saturated heterocycles. The van der Waals surface area contributed by atoms with Gasteiger partial charge in [0.2, 0.25) is 23.6 Å². The van der Waals surface area contributed by atoms with Crippen LogP contribution in [0.5, 0.6) is 0 Å². The number of nitrogens with one attached hydrogen (secondary N) is 5. The molecular weight excluding hydrogens is 801 g/mol. The van der Waals surface area contributed by atoms with Crippen LogP contribution in [-0.4, -0.2) is 103 Å². The highest BCUT2D eigenvalue weighted by atomic mass is 16.7. The first-order valence-corrected chi connectivity index (χ1v) is 23.9. The highest BCUT2D eigenvalue weighted by Crippen LogP contribution is 2.65. The summed E-state index contributed by atoms with van der Waals surface area (Å²) in [5, 5.41) is 24.5. The summed E-state index contributed by atoms with van der Waals surface area (Å²) in [5.74, 6) is -2.50. The van der Waals surface area contributed by atoms with E-state index in [0.29, 0.717) is 62.6 Å². The molecule has 4 aliphatic rings. The molecule has 10 N–H and O–H groups in total. The molecule has 1 aromatic carbocycles. The Morgan fingerprint density at radius 3 is 2.00 bits per heavy atom. The summed E-state index contributed by atoms with van der Waals surface area (Å²) in [4.78, 5) is 68.2. The van der Waals surface area contributed by atoms with Crippen molar-refractivity contribution >= 4 is 36.7 Å². The van der Waals surface area contributed by atoms with Crippen LogP contribution in [0.1, 0.15) is 160 Å². The number of hydrogen-bond donors (Lipinski definition) is 8. The molecule has 3 aliphatic carbocycles. The Morgan fingerprint density at radius 2 is 1.40 bits per heavy atom. The summed E-state index contributed by atoms with van der Waals surface area (Å²) in [6.45, 7) is 16.2. The summed E-state index contributed by atoms with van der Waals surface area (Å²) in [5.41, 5.74) is 13.6. The molecule has 2 bridgehead atoms. The molecule has 1 heterocycles. The molecule has 0 aromatic heterocycles. The van der Waals surface area contributed by atoms with E-state index in [9.17, 15) is 29.1 Å². The zero-order valence-corrected chi connectivity index (χ0v) is 39.5. The average Bonchev–Trinajstić information content (AvgIpc) is 3.60. The van der Waals surface area contributed by atoms with Gasteiger partial charge < -0.3 is 52.5 Å². The summed E-state index contributed by atoms with van der Waals surface area (Å²) in [7, 11) is -0.644. The number of aryl methyl sites for hydroxylation is 2. The van der Waals surface area contributed by atoms with Gasteiger partial charge in [-0.15, -0.1) is 0 Å². The predicted molar refractivity (Wildman–Crippen MR) is 246 cm³/mol. The standard InChI is InChI=1S/C47H80BN7O8/c1-9-10-11-12-13-14-19-33-22-23-35(29(2)26-33)42(58)54-37(21-16-18-25-50)44(60)55-40(31(4)56)45(61)51-30(3)41(57)53-36(20-15-17-24-49)43(59)52-32(5)48-62-39-28-34-27-38(46(34,6)7)47(39,8)63-48/h22-23,26,30-32,34,36-40,56H,9-21,24-25,27-28,49-50H2,1-8H3,(H,51,61)(H,52,59)(H,53,57)(H,54,58)(H,55,60). The first-order valence-electron chi connectivity index (χ1n) is 23.9. The first kappa shape index (κ1) is 52.1. The maximum absolute atomic E-state index is 13.8. The lowest BCUT2D eigenvalue weighted by Gasteiger charge is -2.64. The molecule has 10 unspecified atom stereocenters. The SMILES string of the molecule is CCCCCCCCc1ccc(C(=O)NC(CCCCN)C(=O)NC(C(=O)NC(C)C(=O)NC(CCCCN)C(=O)NC(C)B2OC3CC4CC(C4(C)C)C3(C)O2)C(C)O)c(C)c1. The molecule has 5 amide bonds. The van der Waals surface area contributed by atoms with Gasteiger partial charge in [0, 0.05) is 5.56 Å². The average molecular weight is 882 g/mol. The number of benzene rings is 1. The number of nitrogens with two attached hydrogens (primary N) is 2. The van der Waals surface area contributed by atoms with Crippen LogP contribution in [0.2, 0.25) is 0 Å². The van der Waals surface area contributed by atoms with Crippen molar-refractivity contribution in [3.8, 4) is 0 Å². The number of carbonyl (C=O) groups excluding carboxylic acids is 5. The van der Waals surface area contributed by atoms with Crippen LogP contribution in [0.3, 0.4) is 0 Å². The Kier molecular flexibility index (Phi) is 19.9. The van der Waals surface area contributed by atoms with Crippen LogP contribution in [0.25, 0.3) is 0 Å². The lowest BCUT2D eigenvalue weighted by atomic mass is 9.43. The third-order valence-electron chi connectivity index (χ3n) is 14.1. The molecule has 354 valence electrons. The van der Waals surface area contributed by atoms with E-state index in [2.05, 4.69) is 54.3 Å². The van der Waals surface area contributed by atoms with Crippen molar-refractivity contribution in [3.05, 3.63) is 34.9 Å². The Hall–Kier alpha value is -3.57. The fourth-order valence-corrected chi connectivity index (χ4v) is 9.84. The molecule has 1 aliphatic heterocycles. The van der Waals surface area contributed by atoms with E-state index in [1.54, 1.807) is 6.07 Å². The van der Waals surface area contributed by atoms with Crippen LogP contribution in [0.15, 0.2) is 18.2 Å². The van der Waals surface area contributed by atoms with Crippen LogP contribution >= 0.6 is 0 Å². The van der Waals surface area contributed by atoms with E-state index in [1.807, 2.05) is 26.0 Å². The summed E-state index contributed by atoms with van der Waals surface area (Å²) in [6, 6.07) is 1.17. The fourth-order valence-electron chi connectivity index (χ4n) is 9.84. The van der Waals surface area contributed by atoms with Crippen molar-refractivity contribution in [2.24, 2.45) is 28.7 Å². The normalized spacial score (nSPS) is 23.8. The highest BCUT2D eigenvalue weighted by Gasteiger charge is 2.68. The van der Waals surface area contributed by atoms with Gasteiger partial charge in [0.25, 0.3) is 5.91 Å². The lowest BCUT2D eigenvalue weighted by Crippen LogP contribution is -2.65. The summed E-state index contributed by atoms with van der Waals surface area (Å²) in [6.07, 6.45) is 11.6. The second-order valence-electron chi connectivity index (χ2n) is 19.4. The van der Waals surface area contributed by atoms with Crippen molar-refractivity contribution in [1.29, 1.82) is 0 Å². The van der Waals surface area contributed by atoms with Crippen LogP contribution in [0, 0.1) is 24.2 Å². The molecule has 5 rings (SSSR count). The first-order chi connectivity index (χ1) is 29.9. The summed E-state index contributed by atoms with van der Waals surface area (Å²) >= 11 is 0. The molecule has 3 saturated carbocycles. The maximum Gasteiger partial charge on any atom is 0.481 e. The van der Waals surface area contributed by atoms with Crippen molar-refractivity contribution in [1.82, 2.24) is 26.6 Å². The number of aliphatic hydroxyl groups is 1. The largest absolute Gasteiger partial charge is 0.481 e. The van der Waals surface area contributed by atoms with Crippen molar-refractivity contribution in [2.45, 2.75) is 200 Å². The minimum absolute atomic E-state index is 0.0502. The highest BCUT2D eigenvalue weighted by molar-refractivity contribution is 6.47.